The summed E-state index contributed by atoms with van der Waals surface area (Å²) in [6.07, 6.45) is 2.19. The molecule has 0 aliphatic heterocycles. The summed E-state index contributed by atoms with van der Waals surface area (Å²) in [5.41, 5.74) is 9.04. The van der Waals surface area contributed by atoms with E-state index in [9.17, 15) is 0 Å². The van der Waals surface area contributed by atoms with Gasteiger partial charge in [0.05, 0.1) is 27.3 Å². The van der Waals surface area contributed by atoms with E-state index in [1.54, 1.807) is 0 Å². The number of aryl methyl sites for hydroxylation is 2. The minimum Gasteiger partial charge on any atom is -0.307 e. The molecular formula is C29H21N2+. The van der Waals surface area contributed by atoms with Crippen LogP contribution in [-0.2, 0) is 7.05 Å². The van der Waals surface area contributed by atoms with Gasteiger partial charge in [0.25, 0.3) is 0 Å². The van der Waals surface area contributed by atoms with Gasteiger partial charge in [-0.3, -0.25) is 0 Å². The van der Waals surface area contributed by atoms with Crippen molar-refractivity contribution in [2.75, 3.05) is 0 Å². The van der Waals surface area contributed by atoms with E-state index in [4.69, 9.17) is 0 Å². The minimum absolute atomic E-state index is 1.25. The molecule has 2 nitrogen and oxygen atoms in total. The van der Waals surface area contributed by atoms with Crippen LogP contribution in [0.5, 0.6) is 0 Å². The average Bonchev–Trinajstić information content (AvgIpc) is 3.15. The number of pyridine rings is 2. The Morgan fingerprint density at radius 1 is 0.677 bits per heavy atom. The molecule has 0 atom stereocenters. The van der Waals surface area contributed by atoms with Crippen LogP contribution in [0, 0.1) is 6.92 Å². The van der Waals surface area contributed by atoms with Gasteiger partial charge in [-0.25, -0.2) is 4.57 Å². The number of para-hydroxylation sites is 1. The SMILES string of the molecule is Cc1ccc2c3cccc(-c4ccccc4)c3n3c4cccc5cc[n+](C)c(c1c23)c54. The van der Waals surface area contributed by atoms with Gasteiger partial charge >= 0.3 is 0 Å². The molecule has 0 N–H and O–H groups in total. The first-order valence-electron chi connectivity index (χ1n) is 10.8. The summed E-state index contributed by atoms with van der Waals surface area (Å²) in [5.74, 6) is 0. The van der Waals surface area contributed by atoms with E-state index in [2.05, 4.69) is 114 Å². The molecule has 7 rings (SSSR count). The molecule has 0 unspecified atom stereocenters. The molecule has 0 saturated carbocycles. The molecule has 31 heavy (non-hydrogen) atoms. The summed E-state index contributed by atoms with van der Waals surface area (Å²) >= 11 is 0. The second-order valence-electron chi connectivity index (χ2n) is 8.57. The fourth-order valence-corrected chi connectivity index (χ4v) is 5.53. The summed E-state index contributed by atoms with van der Waals surface area (Å²) < 4.78 is 4.80. The Morgan fingerprint density at radius 2 is 1.48 bits per heavy atom. The van der Waals surface area contributed by atoms with Gasteiger partial charge in [0.15, 0.2) is 6.20 Å². The minimum atomic E-state index is 1.25. The van der Waals surface area contributed by atoms with Crippen LogP contribution in [0.3, 0.4) is 0 Å². The van der Waals surface area contributed by atoms with E-state index in [-0.39, 0.29) is 0 Å². The van der Waals surface area contributed by atoms with Gasteiger partial charge in [-0.15, -0.1) is 0 Å². The standard InChI is InChI=1S/C29H21N2/c1-18-14-15-23-22-12-7-11-21(19-8-4-3-5-9-19)27(22)31-24-13-6-10-20-16-17-30(2)29(26(20)24)25(18)28(23)31/h3-17H,1-2H3/q+1. The van der Waals surface area contributed by atoms with E-state index in [1.165, 1.54) is 65.7 Å². The molecule has 0 aliphatic rings. The Morgan fingerprint density at radius 3 is 2.35 bits per heavy atom. The molecule has 0 radical (unpaired) electrons. The van der Waals surface area contributed by atoms with Gasteiger partial charge in [-0.1, -0.05) is 72.8 Å². The van der Waals surface area contributed by atoms with Crippen molar-refractivity contribution in [1.82, 2.24) is 4.40 Å². The third-order valence-electron chi connectivity index (χ3n) is 6.86. The highest BCUT2D eigenvalue weighted by atomic mass is 15.0. The Hall–Kier alpha value is -3.91. The molecule has 3 heterocycles. The number of nitrogens with zero attached hydrogens (tertiary/aromatic N) is 2. The molecule has 2 heteroatoms. The van der Waals surface area contributed by atoms with Crippen LogP contribution in [0.4, 0.5) is 0 Å². The van der Waals surface area contributed by atoms with E-state index in [0.717, 1.165) is 0 Å². The van der Waals surface area contributed by atoms with E-state index in [1.807, 2.05) is 0 Å². The lowest BCUT2D eigenvalue weighted by Gasteiger charge is -2.13. The summed E-state index contributed by atoms with van der Waals surface area (Å²) in [6, 6.07) is 31.0. The van der Waals surface area contributed by atoms with Crippen molar-refractivity contribution >= 4 is 49.0 Å². The molecule has 0 spiro atoms. The fourth-order valence-electron chi connectivity index (χ4n) is 5.53. The Kier molecular flexibility index (Phi) is 3.17. The third-order valence-corrected chi connectivity index (χ3v) is 6.86. The summed E-state index contributed by atoms with van der Waals surface area (Å²) in [7, 11) is 2.16. The van der Waals surface area contributed by atoms with E-state index >= 15 is 0 Å². The first kappa shape index (κ1) is 16.8. The van der Waals surface area contributed by atoms with Crippen molar-refractivity contribution in [2.24, 2.45) is 7.05 Å². The first-order chi connectivity index (χ1) is 15.2. The van der Waals surface area contributed by atoms with Crippen LogP contribution in [-0.4, -0.2) is 4.40 Å². The number of rotatable bonds is 1. The highest BCUT2D eigenvalue weighted by Crippen LogP contribution is 2.43. The number of aromatic nitrogens is 2. The molecule has 0 amide bonds. The molecule has 0 fully saturated rings. The molecule has 0 aliphatic carbocycles. The monoisotopic (exact) mass is 397 g/mol. The molecule has 0 saturated heterocycles. The lowest BCUT2D eigenvalue weighted by molar-refractivity contribution is -0.643. The van der Waals surface area contributed by atoms with Gasteiger partial charge < -0.3 is 4.40 Å². The Balaban J connectivity index is 1.90. The van der Waals surface area contributed by atoms with Crippen LogP contribution in [0.15, 0.2) is 91.1 Å². The summed E-state index contributed by atoms with van der Waals surface area (Å²) in [4.78, 5) is 0. The smallest absolute Gasteiger partial charge is 0.224 e. The number of benzene rings is 4. The average molecular weight is 398 g/mol. The van der Waals surface area contributed by atoms with Crippen LogP contribution in [0.25, 0.3) is 60.1 Å². The van der Waals surface area contributed by atoms with Crippen molar-refractivity contribution in [2.45, 2.75) is 6.92 Å². The van der Waals surface area contributed by atoms with Gasteiger partial charge in [0.2, 0.25) is 5.52 Å². The topological polar surface area (TPSA) is 8.29 Å². The van der Waals surface area contributed by atoms with Gasteiger partial charge in [0, 0.05) is 22.4 Å². The second kappa shape index (κ2) is 5.83. The predicted molar refractivity (Wildman–Crippen MR) is 130 cm³/mol. The lowest BCUT2D eigenvalue weighted by Crippen LogP contribution is -2.28. The maximum atomic E-state index is 2.52. The van der Waals surface area contributed by atoms with Crippen molar-refractivity contribution in [3.8, 4) is 11.1 Å². The van der Waals surface area contributed by atoms with Gasteiger partial charge in [-0.2, -0.15) is 0 Å². The maximum absolute atomic E-state index is 2.52. The number of fused-ring (bicyclic) bond motifs is 5. The zero-order valence-corrected chi connectivity index (χ0v) is 17.6. The maximum Gasteiger partial charge on any atom is 0.224 e. The second-order valence-corrected chi connectivity index (χ2v) is 8.57. The highest BCUT2D eigenvalue weighted by molar-refractivity contribution is 6.27. The van der Waals surface area contributed by atoms with E-state index < -0.39 is 0 Å². The Bertz CT molecular complexity index is 1790. The quantitative estimate of drug-likeness (QED) is 0.164. The third kappa shape index (κ3) is 2.04. The lowest BCUT2D eigenvalue weighted by atomic mass is 9.99. The van der Waals surface area contributed by atoms with Gasteiger partial charge in [0.1, 0.15) is 7.05 Å². The molecular weight excluding hydrogens is 376 g/mol. The molecule has 4 aromatic carbocycles. The predicted octanol–water partition coefficient (Wildman–Crippen LogP) is 6.79. The van der Waals surface area contributed by atoms with Crippen LogP contribution in [0.2, 0.25) is 0 Å². The fraction of sp³-hybridized carbons (Fsp3) is 0.0690. The molecule has 3 aromatic heterocycles. The Labute approximate surface area is 179 Å². The number of hydrogen-bond acceptors (Lipinski definition) is 0. The molecule has 0 bridgehead atoms. The van der Waals surface area contributed by atoms with Crippen molar-refractivity contribution in [3.63, 3.8) is 0 Å². The zero-order chi connectivity index (χ0) is 20.7. The molecule has 146 valence electrons. The zero-order valence-electron chi connectivity index (χ0n) is 17.6. The summed E-state index contributed by atoms with van der Waals surface area (Å²) in [6.45, 7) is 2.24. The van der Waals surface area contributed by atoms with Crippen molar-refractivity contribution in [3.05, 3.63) is 96.7 Å². The van der Waals surface area contributed by atoms with Crippen LogP contribution >= 0.6 is 0 Å². The molecule has 7 aromatic rings. The first-order valence-corrected chi connectivity index (χ1v) is 10.8. The normalized spacial score (nSPS) is 12.2. The van der Waals surface area contributed by atoms with Crippen molar-refractivity contribution in [1.29, 1.82) is 0 Å². The number of hydrogen-bond donors (Lipinski definition) is 0. The van der Waals surface area contributed by atoms with Crippen molar-refractivity contribution < 1.29 is 4.57 Å². The van der Waals surface area contributed by atoms with E-state index in [0.29, 0.717) is 0 Å². The van der Waals surface area contributed by atoms with Gasteiger partial charge in [-0.05, 0) is 29.5 Å². The van der Waals surface area contributed by atoms with Crippen LogP contribution in [0.1, 0.15) is 5.56 Å². The largest absolute Gasteiger partial charge is 0.307 e. The highest BCUT2D eigenvalue weighted by Gasteiger charge is 2.24. The summed E-state index contributed by atoms with van der Waals surface area (Å²) in [5, 5.41) is 6.59. The van der Waals surface area contributed by atoms with Crippen LogP contribution < -0.4 is 4.57 Å².